The third kappa shape index (κ3) is 2.29. The molecular formula is C11H15NS. The molecule has 2 N–H and O–H groups in total. The number of hydrogen-bond donors (Lipinski definition) is 1. The van der Waals surface area contributed by atoms with Crippen LogP contribution in [0.15, 0.2) is 42.8 Å². The van der Waals surface area contributed by atoms with Crippen LogP contribution in [0.25, 0.3) is 0 Å². The molecule has 0 atom stereocenters. The van der Waals surface area contributed by atoms with Crippen molar-refractivity contribution in [1.29, 1.82) is 0 Å². The average Bonchev–Trinajstić information content (AvgIpc) is 2.57. The van der Waals surface area contributed by atoms with Crippen molar-refractivity contribution in [2.45, 2.75) is 18.4 Å². The molecular weight excluding hydrogens is 178 g/mol. The summed E-state index contributed by atoms with van der Waals surface area (Å²) < 4.78 is 0. The summed E-state index contributed by atoms with van der Waals surface area (Å²) in [6, 6.07) is 4.09. The van der Waals surface area contributed by atoms with Crippen molar-refractivity contribution in [3.63, 3.8) is 0 Å². The summed E-state index contributed by atoms with van der Waals surface area (Å²) in [5.41, 5.74) is 5.96. The van der Waals surface area contributed by atoms with E-state index in [4.69, 9.17) is 5.73 Å². The minimum absolute atomic E-state index is 0.294. The van der Waals surface area contributed by atoms with Gasteiger partial charge in [0.1, 0.15) is 0 Å². The number of rotatable bonds is 5. The summed E-state index contributed by atoms with van der Waals surface area (Å²) >= 11 is 1.69. The molecule has 0 aliphatic heterocycles. The van der Waals surface area contributed by atoms with Gasteiger partial charge in [-0.1, -0.05) is 18.2 Å². The van der Waals surface area contributed by atoms with Crippen molar-refractivity contribution in [2.75, 3.05) is 0 Å². The van der Waals surface area contributed by atoms with E-state index >= 15 is 0 Å². The van der Waals surface area contributed by atoms with Gasteiger partial charge in [0, 0.05) is 4.88 Å². The Morgan fingerprint density at radius 2 is 2.00 bits per heavy atom. The predicted molar refractivity (Wildman–Crippen MR) is 59.8 cm³/mol. The topological polar surface area (TPSA) is 26.0 Å². The fraction of sp³-hybridized carbons (Fsp3) is 0.273. The second kappa shape index (κ2) is 4.40. The Labute approximate surface area is 83.6 Å². The van der Waals surface area contributed by atoms with Crippen molar-refractivity contribution in [2.24, 2.45) is 5.73 Å². The van der Waals surface area contributed by atoms with Crippen LogP contribution in [0.5, 0.6) is 0 Å². The van der Waals surface area contributed by atoms with E-state index in [2.05, 4.69) is 19.2 Å². The zero-order valence-corrected chi connectivity index (χ0v) is 8.52. The van der Waals surface area contributed by atoms with Gasteiger partial charge in [0.05, 0.1) is 5.54 Å². The van der Waals surface area contributed by atoms with E-state index < -0.39 is 0 Å². The molecule has 1 nitrogen and oxygen atoms in total. The molecule has 0 bridgehead atoms. The van der Waals surface area contributed by atoms with Gasteiger partial charge in [0.2, 0.25) is 0 Å². The van der Waals surface area contributed by atoms with Crippen LogP contribution < -0.4 is 5.73 Å². The SMILES string of the molecule is C=CCC(N)(CC=C)c1cccs1. The highest BCUT2D eigenvalue weighted by molar-refractivity contribution is 7.10. The lowest BCUT2D eigenvalue weighted by Crippen LogP contribution is -2.34. The van der Waals surface area contributed by atoms with Gasteiger partial charge in [-0.15, -0.1) is 24.5 Å². The van der Waals surface area contributed by atoms with Gasteiger partial charge in [-0.3, -0.25) is 0 Å². The lowest BCUT2D eigenvalue weighted by Gasteiger charge is -2.25. The summed E-state index contributed by atoms with van der Waals surface area (Å²) in [6.45, 7) is 7.46. The van der Waals surface area contributed by atoms with Crippen molar-refractivity contribution >= 4 is 11.3 Å². The van der Waals surface area contributed by atoms with Crippen LogP contribution >= 0.6 is 11.3 Å². The van der Waals surface area contributed by atoms with E-state index in [-0.39, 0.29) is 5.54 Å². The molecule has 0 fully saturated rings. The third-order valence-corrected chi connectivity index (χ3v) is 3.12. The van der Waals surface area contributed by atoms with Gasteiger partial charge in [-0.25, -0.2) is 0 Å². The first kappa shape index (κ1) is 10.2. The van der Waals surface area contributed by atoms with E-state index in [1.807, 2.05) is 23.6 Å². The van der Waals surface area contributed by atoms with Gasteiger partial charge in [0.25, 0.3) is 0 Å². The molecule has 0 amide bonds. The highest BCUT2D eigenvalue weighted by Crippen LogP contribution is 2.30. The first-order chi connectivity index (χ1) is 6.23. The first-order valence-corrected chi connectivity index (χ1v) is 5.15. The van der Waals surface area contributed by atoms with E-state index in [1.54, 1.807) is 11.3 Å². The summed E-state index contributed by atoms with van der Waals surface area (Å²) in [5, 5.41) is 2.04. The zero-order valence-electron chi connectivity index (χ0n) is 7.70. The van der Waals surface area contributed by atoms with Crippen LogP contribution in [0.2, 0.25) is 0 Å². The quantitative estimate of drug-likeness (QED) is 0.715. The molecule has 0 aromatic carbocycles. The molecule has 1 aromatic rings. The third-order valence-electron chi connectivity index (χ3n) is 2.03. The molecule has 0 aliphatic rings. The molecule has 70 valence electrons. The molecule has 1 heterocycles. The fourth-order valence-electron chi connectivity index (χ4n) is 1.36. The Balaban J connectivity index is 2.89. The van der Waals surface area contributed by atoms with Gasteiger partial charge in [0.15, 0.2) is 0 Å². The summed E-state index contributed by atoms with van der Waals surface area (Å²) in [7, 11) is 0. The Morgan fingerprint density at radius 3 is 2.38 bits per heavy atom. The zero-order chi connectivity index (χ0) is 9.73. The van der Waals surface area contributed by atoms with Crippen LogP contribution in [0.3, 0.4) is 0 Å². The van der Waals surface area contributed by atoms with Crippen molar-refractivity contribution in [3.8, 4) is 0 Å². The Morgan fingerprint density at radius 1 is 1.38 bits per heavy atom. The molecule has 1 aromatic heterocycles. The first-order valence-electron chi connectivity index (χ1n) is 4.27. The molecule has 1 rings (SSSR count). The lowest BCUT2D eigenvalue weighted by atomic mass is 9.91. The van der Waals surface area contributed by atoms with Crippen LogP contribution in [0.1, 0.15) is 17.7 Å². The van der Waals surface area contributed by atoms with E-state index in [0.29, 0.717) is 0 Å². The molecule has 0 unspecified atom stereocenters. The second-order valence-corrected chi connectivity index (χ2v) is 4.07. The van der Waals surface area contributed by atoms with Crippen LogP contribution in [0.4, 0.5) is 0 Å². The van der Waals surface area contributed by atoms with Crippen LogP contribution in [0, 0.1) is 0 Å². The summed E-state index contributed by atoms with van der Waals surface area (Å²) in [6.07, 6.45) is 5.31. The summed E-state index contributed by atoms with van der Waals surface area (Å²) in [4.78, 5) is 1.20. The monoisotopic (exact) mass is 193 g/mol. The van der Waals surface area contributed by atoms with Gasteiger partial charge in [-0.05, 0) is 24.3 Å². The number of hydrogen-bond acceptors (Lipinski definition) is 2. The maximum atomic E-state index is 6.25. The van der Waals surface area contributed by atoms with Crippen molar-refractivity contribution in [1.82, 2.24) is 0 Å². The number of nitrogens with two attached hydrogens (primary N) is 1. The van der Waals surface area contributed by atoms with Gasteiger partial charge >= 0.3 is 0 Å². The smallest absolute Gasteiger partial charge is 0.0573 e. The van der Waals surface area contributed by atoms with Crippen molar-refractivity contribution < 1.29 is 0 Å². The normalized spacial score (nSPS) is 11.2. The van der Waals surface area contributed by atoms with Crippen LogP contribution in [-0.4, -0.2) is 0 Å². The molecule has 2 heteroatoms. The standard InChI is InChI=1S/C11H15NS/c1-3-7-11(12,8-4-2)10-6-5-9-13-10/h3-6,9H,1-2,7-8,12H2. The maximum Gasteiger partial charge on any atom is 0.0573 e. The average molecular weight is 193 g/mol. The molecule has 0 aliphatic carbocycles. The second-order valence-electron chi connectivity index (χ2n) is 3.12. The van der Waals surface area contributed by atoms with E-state index in [9.17, 15) is 0 Å². The minimum Gasteiger partial charge on any atom is -0.320 e. The van der Waals surface area contributed by atoms with Gasteiger partial charge < -0.3 is 5.73 Å². The molecule has 0 spiro atoms. The molecule has 13 heavy (non-hydrogen) atoms. The maximum absolute atomic E-state index is 6.25. The molecule has 0 saturated carbocycles. The molecule has 0 radical (unpaired) electrons. The highest BCUT2D eigenvalue weighted by atomic mass is 32.1. The minimum atomic E-state index is -0.294. The van der Waals surface area contributed by atoms with E-state index in [0.717, 1.165) is 12.8 Å². The Bertz CT molecular complexity index is 264. The fourth-order valence-corrected chi connectivity index (χ4v) is 2.22. The predicted octanol–water partition coefficient (Wildman–Crippen LogP) is 3.05. The Hall–Kier alpha value is -0.860. The lowest BCUT2D eigenvalue weighted by molar-refractivity contribution is 0.466. The van der Waals surface area contributed by atoms with E-state index in [1.165, 1.54) is 4.88 Å². The van der Waals surface area contributed by atoms with Gasteiger partial charge in [-0.2, -0.15) is 0 Å². The highest BCUT2D eigenvalue weighted by Gasteiger charge is 2.24. The number of thiophene rings is 1. The van der Waals surface area contributed by atoms with Crippen LogP contribution in [-0.2, 0) is 5.54 Å². The van der Waals surface area contributed by atoms with Crippen molar-refractivity contribution in [3.05, 3.63) is 47.7 Å². The summed E-state index contributed by atoms with van der Waals surface area (Å²) in [5.74, 6) is 0. The Kier molecular flexibility index (Phi) is 3.46. The molecule has 0 saturated heterocycles. The largest absolute Gasteiger partial charge is 0.320 e.